The second kappa shape index (κ2) is 8.14. The molecular formula is C17H23N3O2S. The molecule has 6 heteroatoms. The van der Waals surface area contributed by atoms with E-state index in [1.165, 1.54) is 0 Å². The van der Waals surface area contributed by atoms with Gasteiger partial charge in [0.05, 0.1) is 17.0 Å². The average molecular weight is 333 g/mol. The predicted molar refractivity (Wildman–Crippen MR) is 92.6 cm³/mol. The molecule has 2 rings (SSSR count). The number of unbranched alkanes of at least 4 members (excludes halogenated alkanes) is 1. The van der Waals surface area contributed by atoms with E-state index in [2.05, 4.69) is 18.0 Å². The van der Waals surface area contributed by atoms with E-state index in [4.69, 9.17) is 5.26 Å². The van der Waals surface area contributed by atoms with Gasteiger partial charge in [0.2, 0.25) is 10.0 Å². The van der Waals surface area contributed by atoms with Crippen LogP contribution in [-0.2, 0) is 10.0 Å². The Labute approximate surface area is 138 Å². The van der Waals surface area contributed by atoms with Crippen molar-refractivity contribution in [3.8, 4) is 6.07 Å². The van der Waals surface area contributed by atoms with Gasteiger partial charge in [0.1, 0.15) is 6.07 Å². The lowest BCUT2D eigenvalue weighted by atomic mass is 10.1. The number of piperidine rings is 1. The molecule has 1 aromatic carbocycles. The van der Waals surface area contributed by atoms with Crippen molar-refractivity contribution >= 4 is 15.7 Å². The summed E-state index contributed by atoms with van der Waals surface area (Å²) in [6.45, 7) is 4.68. The highest BCUT2D eigenvalue weighted by molar-refractivity contribution is 7.89. The summed E-state index contributed by atoms with van der Waals surface area (Å²) in [6.07, 6.45) is 4.60. The van der Waals surface area contributed by atoms with Crippen LogP contribution in [0.4, 0.5) is 5.69 Å². The minimum absolute atomic E-state index is 0.189. The molecule has 1 fully saturated rings. The van der Waals surface area contributed by atoms with Crippen molar-refractivity contribution in [2.45, 2.75) is 31.7 Å². The fraction of sp³-hybridized carbons (Fsp3) is 0.471. The van der Waals surface area contributed by atoms with Crippen molar-refractivity contribution in [3.05, 3.63) is 42.5 Å². The second-order valence-corrected chi connectivity index (χ2v) is 7.81. The quantitative estimate of drug-likeness (QED) is 0.615. The lowest BCUT2D eigenvalue weighted by Gasteiger charge is -2.32. The summed E-state index contributed by atoms with van der Waals surface area (Å²) >= 11 is 0. The third kappa shape index (κ3) is 4.81. The molecular weight excluding hydrogens is 310 g/mol. The van der Waals surface area contributed by atoms with E-state index in [1.54, 1.807) is 16.4 Å². The fourth-order valence-corrected chi connectivity index (χ4v) is 4.30. The molecule has 0 unspecified atom stereocenters. The minimum Gasteiger partial charge on any atom is -0.381 e. The van der Waals surface area contributed by atoms with Gasteiger partial charge in [-0.1, -0.05) is 18.2 Å². The van der Waals surface area contributed by atoms with Crippen LogP contribution in [0, 0.1) is 11.3 Å². The fourth-order valence-electron chi connectivity index (χ4n) is 2.74. The van der Waals surface area contributed by atoms with Crippen molar-refractivity contribution < 1.29 is 8.42 Å². The molecule has 1 N–H and O–H groups in total. The number of rotatable bonds is 7. The Morgan fingerprint density at radius 3 is 2.70 bits per heavy atom. The van der Waals surface area contributed by atoms with Gasteiger partial charge >= 0.3 is 0 Å². The number of anilines is 1. The van der Waals surface area contributed by atoms with Crippen molar-refractivity contribution in [2.75, 3.05) is 24.2 Å². The normalized spacial score (nSPS) is 16.7. The lowest BCUT2D eigenvalue weighted by molar-refractivity contribution is 0.329. The van der Waals surface area contributed by atoms with Gasteiger partial charge in [-0.15, -0.1) is 6.58 Å². The molecule has 0 amide bonds. The molecule has 1 saturated heterocycles. The number of allylic oxidation sites excluding steroid dienone is 1. The Bertz CT molecular complexity index is 671. The number of sulfonamides is 1. The Balaban J connectivity index is 1.89. The van der Waals surface area contributed by atoms with Crippen LogP contribution in [0.25, 0.3) is 0 Å². The number of nitriles is 1. The Morgan fingerprint density at radius 2 is 2.04 bits per heavy atom. The van der Waals surface area contributed by atoms with Crippen LogP contribution in [0.1, 0.15) is 31.2 Å². The Hall–Kier alpha value is -1.84. The Morgan fingerprint density at radius 1 is 1.35 bits per heavy atom. The monoisotopic (exact) mass is 333 g/mol. The molecule has 1 aliphatic heterocycles. The van der Waals surface area contributed by atoms with Crippen LogP contribution >= 0.6 is 0 Å². The van der Waals surface area contributed by atoms with Crippen LogP contribution in [0.3, 0.4) is 0 Å². The molecule has 0 radical (unpaired) electrons. The maximum atomic E-state index is 12.3. The Kier molecular flexibility index (Phi) is 6.20. The van der Waals surface area contributed by atoms with Gasteiger partial charge in [-0.25, -0.2) is 12.7 Å². The molecule has 1 aromatic rings. The van der Waals surface area contributed by atoms with E-state index in [0.29, 0.717) is 25.1 Å². The zero-order valence-electron chi connectivity index (χ0n) is 13.2. The van der Waals surface area contributed by atoms with E-state index in [0.717, 1.165) is 24.9 Å². The minimum atomic E-state index is -3.16. The molecule has 1 aliphatic rings. The topological polar surface area (TPSA) is 73.2 Å². The molecule has 0 saturated carbocycles. The first kappa shape index (κ1) is 17.5. The standard InChI is InChI=1S/C17H23N3O2S/c1-2-3-6-13-23(21,22)20-11-9-16(10-12-20)19-17-8-5-4-7-15(17)14-18/h2,4-5,7-8,16,19H,1,3,6,9-13H2. The molecule has 0 bridgehead atoms. The van der Waals surface area contributed by atoms with Crippen LogP contribution < -0.4 is 5.32 Å². The molecule has 1 heterocycles. The summed E-state index contributed by atoms with van der Waals surface area (Å²) in [5.41, 5.74) is 1.44. The van der Waals surface area contributed by atoms with Crippen molar-refractivity contribution in [1.29, 1.82) is 5.26 Å². The second-order valence-electron chi connectivity index (χ2n) is 5.72. The van der Waals surface area contributed by atoms with E-state index in [9.17, 15) is 8.42 Å². The van der Waals surface area contributed by atoms with Crippen LogP contribution in [0.15, 0.2) is 36.9 Å². The lowest BCUT2D eigenvalue weighted by Crippen LogP contribution is -2.43. The summed E-state index contributed by atoms with van der Waals surface area (Å²) in [6, 6.07) is 9.76. The molecule has 23 heavy (non-hydrogen) atoms. The summed E-state index contributed by atoms with van der Waals surface area (Å²) in [5, 5.41) is 12.5. The predicted octanol–water partition coefficient (Wildman–Crippen LogP) is 2.73. The van der Waals surface area contributed by atoms with Gasteiger partial charge in [0, 0.05) is 19.1 Å². The zero-order valence-corrected chi connectivity index (χ0v) is 14.1. The van der Waals surface area contributed by atoms with Crippen molar-refractivity contribution in [2.24, 2.45) is 0 Å². The third-order valence-corrected chi connectivity index (χ3v) is 6.02. The smallest absolute Gasteiger partial charge is 0.214 e. The van der Waals surface area contributed by atoms with E-state index in [-0.39, 0.29) is 11.8 Å². The van der Waals surface area contributed by atoms with Crippen LogP contribution in [-0.4, -0.2) is 37.6 Å². The highest BCUT2D eigenvalue weighted by Crippen LogP contribution is 2.21. The summed E-state index contributed by atoms with van der Waals surface area (Å²) < 4.78 is 26.1. The number of para-hydroxylation sites is 1. The number of nitrogens with zero attached hydrogens (tertiary/aromatic N) is 2. The van der Waals surface area contributed by atoms with Gasteiger partial charge in [0.25, 0.3) is 0 Å². The molecule has 0 atom stereocenters. The zero-order chi connectivity index (χ0) is 16.7. The van der Waals surface area contributed by atoms with Gasteiger partial charge in [-0.05, 0) is 37.8 Å². The molecule has 5 nitrogen and oxygen atoms in total. The molecule has 0 aromatic heterocycles. The maximum Gasteiger partial charge on any atom is 0.214 e. The van der Waals surface area contributed by atoms with Crippen LogP contribution in [0.2, 0.25) is 0 Å². The van der Waals surface area contributed by atoms with E-state index < -0.39 is 10.0 Å². The number of hydrogen-bond donors (Lipinski definition) is 1. The number of benzene rings is 1. The summed E-state index contributed by atoms with van der Waals surface area (Å²) in [4.78, 5) is 0. The maximum absolute atomic E-state index is 12.3. The molecule has 124 valence electrons. The van der Waals surface area contributed by atoms with Gasteiger partial charge < -0.3 is 5.32 Å². The van der Waals surface area contributed by atoms with Gasteiger partial charge in [0.15, 0.2) is 0 Å². The first-order chi connectivity index (χ1) is 11.1. The summed E-state index contributed by atoms with van der Waals surface area (Å²) in [7, 11) is -3.16. The van der Waals surface area contributed by atoms with Gasteiger partial charge in [-0.2, -0.15) is 5.26 Å². The SMILES string of the molecule is C=CCCCS(=O)(=O)N1CCC(Nc2ccccc2C#N)CC1. The van der Waals surface area contributed by atoms with Crippen molar-refractivity contribution in [3.63, 3.8) is 0 Å². The first-order valence-corrected chi connectivity index (χ1v) is 9.52. The van der Waals surface area contributed by atoms with Crippen LogP contribution in [0.5, 0.6) is 0 Å². The van der Waals surface area contributed by atoms with Gasteiger partial charge in [-0.3, -0.25) is 0 Å². The number of hydrogen-bond acceptors (Lipinski definition) is 4. The molecule has 0 spiro atoms. The average Bonchev–Trinajstić information content (AvgIpc) is 2.56. The summed E-state index contributed by atoms with van der Waals surface area (Å²) in [5.74, 6) is 0.189. The van der Waals surface area contributed by atoms with E-state index in [1.807, 2.05) is 18.2 Å². The van der Waals surface area contributed by atoms with E-state index >= 15 is 0 Å². The highest BCUT2D eigenvalue weighted by atomic mass is 32.2. The molecule has 0 aliphatic carbocycles. The highest BCUT2D eigenvalue weighted by Gasteiger charge is 2.27. The third-order valence-electron chi connectivity index (χ3n) is 4.06. The van der Waals surface area contributed by atoms with Crippen molar-refractivity contribution in [1.82, 2.24) is 4.31 Å². The largest absolute Gasteiger partial charge is 0.381 e. The number of nitrogens with one attached hydrogen (secondary N) is 1. The first-order valence-electron chi connectivity index (χ1n) is 7.91.